The maximum Gasteiger partial charge on any atom is 0.311 e. The SMILES string of the molecule is O=C(Nc1cccc[nH+]1)C1C2CCC3C(CCC21)C3(Cl)Cl. The first kappa shape index (κ1) is 13.8. The molecule has 3 aliphatic rings. The maximum absolute atomic E-state index is 12.4. The van der Waals surface area contributed by atoms with E-state index < -0.39 is 4.33 Å². The summed E-state index contributed by atoms with van der Waals surface area (Å²) in [7, 11) is 0. The molecule has 21 heavy (non-hydrogen) atoms. The highest BCUT2D eigenvalue weighted by atomic mass is 35.5. The molecule has 1 amide bonds. The maximum atomic E-state index is 12.4. The number of hydrogen-bond donors (Lipinski definition) is 1. The smallest absolute Gasteiger partial charge is 0.247 e. The number of anilines is 1. The van der Waals surface area contributed by atoms with Crippen LogP contribution in [-0.2, 0) is 4.79 Å². The van der Waals surface area contributed by atoms with Crippen LogP contribution in [0.1, 0.15) is 25.7 Å². The van der Waals surface area contributed by atoms with Gasteiger partial charge < -0.3 is 0 Å². The first-order valence-corrected chi connectivity index (χ1v) is 8.50. The number of rotatable bonds is 2. The van der Waals surface area contributed by atoms with Crippen molar-refractivity contribution < 1.29 is 9.78 Å². The van der Waals surface area contributed by atoms with E-state index in [1.165, 1.54) is 0 Å². The van der Waals surface area contributed by atoms with E-state index in [1.54, 1.807) is 0 Å². The van der Waals surface area contributed by atoms with Crippen LogP contribution in [0.25, 0.3) is 0 Å². The molecule has 1 aromatic rings. The number of pyridine rings is 1. The zero-order valence-electron chi connectivity index (χ0n) is 11.7. The van der Waals surface area contributed by atoms with Crippen molar-refractivity contribution in [3.63, 3.8) is 0 Å². The molecular formula is C16H19Cl2N2O+. The summed E-state index contributed by atoms with van der Waals surface area (Å²) in [6, 6.07) is 5.70. The molecule has 0 aliphatic heterocycles. The van der Waals surface area contributed by atoms with E-state index in [1.807, 2.05) is 24.4 Å². The summed E-state index contributed by atoms with van der Waals surface area (Å²) in [5, 5.41) is 2.99. The van der Waals surface area contributed by atoms with E-state index >= 15 is 0 Å². The number of aromatic nitrogens is 1. The topological polar surface area (TPSA) is 43.2 Å². The van der Waals surface area contributed by atoms with Crippen molar-refractivity contribution in [2.45, 2.75) is 30.0 Å². The predicted molar refractivity (Wildman–Crippen MR) is 82.0 cm³/mol. The Bertz CT molecular complexity index is 541. The van der Waals surface area contributed by atoms with Crippen LogP contribution >= 0.6 is 23.2 Å². The standard InChI is InChI=1S/C16H18Cl2N2O/c17-16(18)11-6-4-9-10(5-7-12(11)16)14(9)15(21)20-13-3-1-2-8-19-13/h1-3,8-12,14H,4-7H2,(H,19,20,21)/p+1. The number of alkyl halides is 2. The van der Waals surface area contributed by atoms with Crippen molar-refractivity contribution in [2.24, 2.45) is 29.6 Å². The Balaban J connectivity index is 1.38. The van der Waals surface area contributed by atoms with Gasteiger partial charge >= 0.3 is 5.91 Å². The number of fused-ring (bicyclic) bond motifs is 2. The predicted octanol–water partition coefficient (Wildman–Crippen LogP) is 3.30. The first-order valence-electron chi connectivity index (χ1n) is 7.74. The van der Waals surface area contributed by atoms with Gasteiger partial charge in [-0.1, -0.05) is 6.07 Å². The lowest BCUT2D eigenvalue weighted by atomic mass is 10.0. The van der Waals surface area contributed by atoms with Crippen LogP contribution in [0.15, 0.2) is 24.4 Å². The molecule has 4 unspecified atom stereocenters. The molecule has 3 saturated carbocycles. The fraction of sp³-hybridized carbons (Fsp3) is 0.625. The third-order valence-electron chi connectivity index (χ3n) is 5.59. The van der Waals surface area contributed by atoms with Gasteiger partial charge in [-0.05, 0) is 55.4 Å². The van der Waals surface area contributed by atoms with E-state index in [-0.39, 0.29) is 11.8 Å². The molecule has 4 rings (SSSR count). The van der Waals surface area contributed by atoms with Gasteiger partial charge in [-0.3, -0.25) is 0 Å². The lowest BCUT2D eigenvalue weighted by molar-refractivity contribution is -0.360. The van der Waals surface area contributed by atoms with Gasteiger partial charge in [-0.2, -0.15) is 0 Å². The second kappa shape index (κ2) is 4.85. The largest absolute Gasteiger partial charge is 0.311 e. The number of amides is 1. The van der Waals surface area contributed by atoms with E-state index in [4.69, 9.17) is 23.2 Å². The minimum atomic E-state index is -0.479. The van der Waals surface area contributed by atoms with Gasteiger partial charge in [0.1, 0.15) is 4.33 Å². The molecule has 0 aromatic carbocycles. The Hall–Kier alpha value is -0.800. The molecule has 5 heteroatoms. The van der Waals surface area contributed by atoms with Gasteiger partial charge in [0.2, 0.25) is 0 Å². The highest BCUT2D eigenvalue weighted by Gasteiger charge is 2.66. The molecule has 2 N–H and O–H groups in total. The van der Waals surface area contributed by atoms with Crippen LogP contribution in [0.2, 0.25) is 0 Å². The zero-order chi connectivity index (χ0) is 14.6. The van der Waals surface area contributed by atoms with Crippen molar-refractivity contribution in [2.75, 3.05) is 5.32 Å². The van der Waals surface area contributed by atoms with Crippen LogP contribution in [-0.4, -0.2) is 10.2 Å². The van der Waals surface area contributed by atoms with Crippen molar-refractivity contribution in [1.82, 2.24) is 0 Å². The fourth-order valence-corrected chi connectivity index (χ4v) is 5.22. The fourth-order valence-electron chi connectivity index (χ4n) is 4.30. The van der Waals surface area contributed by atoms with Crippen LogP contribution in [0.5, 0.6) is 0 Å². The molecule has 4 atom stereocenters. The second-order valence-corrected chi connectivity index (χ2v) is 8.11. The number of H-pyrrole nitrogens is 1. The van der Waals surface area contributed by atoms with Crippen LogP contribution < -0.4 is 10.3 Å². The van der Waals surface area contributed by atoms with Crippen molar-refractivity contribution >= 4 is 34.9 Å². The number of carbonyl (C=O) groups is 1. The van der Waals surface area contributed by atoms with E-state index in [9.17, 15) is 4.79 Å². The van der Waals surface area contributed by atoms with Crippen molar-refractivity contribution in [3.8, 4) is 0 Å². The van der Waals surface area contributed by atoms with Crippen LogP contribution in [0, 0.1) is 29.6 Å². The van der Waals surface area contributed by atoms with Crippen molar-refractivity contribution in [3.05, 3.63) is 24.4 Å². The second-order valence-electron chi connectivity index (χ2n) is 6.66. The molecule has 1 aromatic heterocycles. The minimum absolute atomic E-state index is 0.158. The Labute approximate surface area is 134 Å². The highest BCUT2D eigenvalue weighted by molar-refractivity contribution is 6.51. The van der Waals surface area contributed by atoms with Gasteiger partial charge in [0.15, 0.2) is 0 Å². The average Bonchev–Trinajstić information content (AvgIpc) is 3.24. The highest BCUT2D eigenvalue weighted by Crippen LogP contribution is 2.67. The van der Waals surface area contributed by atoms with Gasteiger partial charge in [0.25, 0.3) is 5.82 Å². The molecule has 1 heterocycles. The summed E-state index contributed by atoms with van der Waals surface area (Å²) < 4.78 is -0.479. The molecule has 3 nitrogen and oxygen atoms in total. The summed E-state index contributed by atoms with van der Waals surface area (Å²) in [6.45, 7) is 0. The minimum Gasteiger partial charge on any atom is -0.247 e. The van der Waals surface area contributed by atoms with Gasteiger partial charge in [0.05, 0.1) is 12.1 Å². The van der Waals surface area contributed by atoms with Gasteiger partial charge in [-0.25, -0.2) is 15.1 Å². The Morgan fingerprint density at radius 3 is 2.38 bits per heavy atom. The number of nitrogens with one attached hydrogen (secondary N) is 2. The van der Waals surface area contributed by atoms with E-state index in [0.29, 0.717) is 23.7 Å². The number of carbonyl (C=O) groups excluding carboxylic acids is 1. The third kappa shape index (κ3) is 2.35. The third-order valence-corrected chi connectivity index (χ3v) is 6.71. The summed E-state index contributed by atoms with van der Waals surface area (Å²) in [4.78, 5) is 15.4. The average molecular weight is 326 g/mol. The molecule has 0 spiro atoms. The lowest BCUT2D eigenvalue weighted by Crippen LogP contribution is -2.21. The Morgan fingerprint density at radius 2 is 1.81 bits per heavy atom. The normalized spacial score (nSPS) is 39.2. The van der Waals surface area contributed by atoms with Crippen LogP contribution in [0.3, 0.4) is 0 Å². The molecular weight excluding hydrogens is 307 g/mol. The summed E-state index contributed by atoms with van der Waals surface area (Å²) in [6.07, 6.45) is 6.13. The number of aromatic amines is 1. The molecule has 112 valence electrons. The monoisotopic (exact) mass is 325 g/mol. The Kier molecular flexibility index (Phi) is 3.20. The molecule has 3 fully saturated rings. The number of hydrogen-bond acceptors (Lipinski definition) is 1. The molecule has 0 saturated heterocycles. The molecule has 0 bridgehead atoms. The lowest BCUT2D eigenvalue weighted by Gasteiger charge is -2.03. The number of halogens is 2. The molecule has 3 aliphatic carbocycles. The van der Waals surface area contributed by atoms with Crippen LogP contribution in [0.4, 0.5) is 5.82 Å². The van der Waals surface area contributed by atoms with Gasteiger partial charge in [0, 0.05) is 6.07 Å². The molecule has 0 radical (unpaired) electrons. The van der Waals surface area contributed by atoms with E-state index in [2.05, 4.69) is 10.3 Å². The quantitative estimate of drug-likeness (QED) is 0.833. The first-order chi connectivity index (χ1) is 10.1. The van der Waals surface area contributed by atoms with E-state index in [0.717, 1.165) is 31.5 Å². The zero-order valence-corrected chi connectivity index (χ0v) is 13.2. The van der Waals surface area contributed by atoms with Gasteiger partial charge in [-0.15, -0.1) is 23.2 Å². The summed E-state index contributed by atoms with van der Waals surface area (Å²) in [5.74, 6) is 3.06. The summed E-state index contributed by atoms with van der Waals surface area (Å²) >= 11 is 12.6. The summed E-state index contributed by atoms with van der Waals surface area (Å²) in [5.41, 5.74) is 0. The Morgan fingerprint density at radius 1 is 1.14 bits per heavy atom. The van der Waals surface area contributed by atoms with Crippen molar-refractivity contribution in [1.29, 1.82) is 0 Å².